The van der Waals surface area contributed by atoms with Gasteiger partial charge in [0.2, 0.25) is 0 Å². The molecule has 0 bridgehead atoms. The van der Waals surface area contributed by atoms with Crippen molar-refractivity contribution in [2.75, 3.05) is 5.75 Å². The zero-order valence-corrected chi connectivity index (χ0v) is 14.8. The summed E-state index contributed by atoms with van der Waals surface area (Å²) in [5.74, 6) is 0.850. The van der Waals surface area contributed by atoms with E-state index in [1.807, 2.05) is 30.0 Å². The van der Waals surface area contributed by atoms with Crippen molar-refractivity contribution >= 4 is 18.0 Å². The quantitative estimate of drug-likeness (QED) is 0.199. The van der Waals surface area contributed by atoms with Crippen molar-refractivity contribution in [3.8, 4) is 0 Å². The fourth-order valence-electron chi connectivity index (χ4n) is 3.09. The van der Waals surface area contributed by atoms with Crippen molar-refractivity contribution in [3.05, 3.63) is 108 Å². The van der Waals surface area contributed by atoms with E-state index in [9.17, 15) is 0 Å². The standard InChI is InChI=1S/C22H21NOS/c24-23-17-10-18-25-22(19-11-4-1-5-12-19,20-13-6-2-7-14-20)21-15-8-3-9-16-21/h1-9,11-17,24H,10,18H2. The first-order chi connectivity index (χ1) is 12.4. The third kappa shape index (κ3) is 3.77. The second-order valence-corrected chi connectivity index (χ2v) is 7.02. The topological polar surface area (TPSA) is 32.6 Å². The molecule has 3 aromatic rings. The van der Waals surface area contributed by atoms with Crippen molar-refractivity contribution in [1.29, 1.82) is 0 Å². The zero-order chi connectivity index (χ0) is 17.4. The minimum atomic E-state index is -0.299. The smallest absolute Gasteiger partial charge is 0.0907 e. The molecule has 0 aliphatic rings. The number of oxime groups is 1. The molecule has 0 amide bonds. The van der Waals surface area contributed by atoms with E-state index in [0.717, 1.165) is 12.2 Å². The van der Waals surface area contributed by atoms with E-state index in [1.54, 1.807) is 6.21 Å². The summed E-state index contributed by atoms with van der Waals surface area (Å²) < 4.78 is -0.299. The molecule has 3 rings (SSSR count). The molecule has 0 spiro atoms. The van der Waals surface area contributed by atoms with Gasteiger partial charge >= 0.3 is 0 Å². The monoisotopic (exact) mass is 347 g/mol. The highest BCUT2D eigenvalue weighted by atomic mass is 32.2. The van der Waals surface area contributed by atoms with Gasteiger partial charge in [0.25, 0.3) is 0 Å². The Bertz CT molecular complexity index is 691. The third-order valence-corrected chi connectivity index (χ3v) is 5.77. The molecule has 1 N–H and O–H groups in total. The average molecular weight is 347 g/mol. The van der Waals surface area contributed by atoms with Crippen LogP contribution in [-0.2, 0) is 4.75 Å². The van der Waals surface area contributed by atoms with Gasteiger partial charge in [-0.2, -0.15) is 0 Å². The average Bonchev–Trinajstić information content (AvgIpc) is 2.70. The lowest BCUT2D eigenvalue weighted by Crippen LogP contribution is -2.26. The van der Waals surface area contributed by atoms with E-state index in [-0.39, 0.29) is 4.75 Å². The summed E-state index contributed by atoms with van der Waals surface area (Å²) in [7, 11) is 0. The maximum absolute atomic E-state index is 8.71. The molecular formula is C22H21NOS. The lowest BCUT2D eigenvalue weighted by molar-refractivity contribution is 0.320. The Morgan fingerprint density at radius 3 is 1.48 bits per heavy atom. The van der Waals surface area contributed by atoms with Crippen LogP contribution in [0.2, 0.25) is 0 Å². The molecule has 0 unspecified atom stereocenters. The molecule has 3 aromatic carbocycles. The van der Waals surface area contributed by atoms with Gasteiger partial charge < -0.3 is 5.21 Å². The van der Waals surface area contributed by atoms with E-state index in [4.69, 9.17) is 5.21 Å². The predicted molar refractivity (Wildman–Crippen MR) is 107 cm³/mol. The summed E-state index contributed by atoms with van der Waals surface area (Å²) in [5.41, 5.74) is 3.75. The van der Waals surface area contributed by atoms with E-state index < -0.39 is 0 Å². The summed E-state index contributed by atoms with van der Waals surface area (Å²) >= 11 is 1.87. The van der Waals surface area contributed by atoms with E-state index in [1.165, 1.54) is 16.7 Å². The van der Waals surface area contributed by atoms with Gasteiger partial charge in [0.15, 0.2) is 0 Å². The van der Waals surface area contributed by atoms with E-state index >= 15 is 0 Å². The second-order valence-electron chi connectivity index (χ2n) is 5.71. The Hall–Kier alpha value is -2.52. The van der Waals surface area contributed by atoms with E-state index in [2.05, 4.69) is 78.0 Å². The van der Waals surface area contributed by atoms with Crippen LogP contribution in [0.1, 0.15) is 23.1 Å². The molecule has 0 heterocycles. The Morgan fingerprint density at radius 2 is 1.12 bits per heavy atom. The largest absolute Gasteiger partial charge is 0.411 e. The van der Waals surface area contributed by atoms with Gasteiger partial charge in [0, 0.05) is 6.21 Å². The van der Waals surface area contributed by atoms with Gasteiger partial charge in [-0.1, -0.05) is 91.0 Å². The molecule has 2 nitrogen and oxygen atoms in total. The zero-order valence-electron chi connectivity index (χ0n) is 14.0. The van der Waals surface area contributed by atoms with Gasteiger partial charge in [0.1, 0.15) is 0 Å². The third-order valence-electron chi connectivity index (χ3n) is 4.19. The first kappa shape index (κ1) is 17.3. The van der Waals surface area contributed by atoms with Crippen molar-refractivity contribution in [3.63, 3.8) is 0 Å². The van der Waals surface area contributed by atoms with Crippen molar-refractivity contribution in [2.24, 2.45) is 5.16 Å². The summed E-state index contributed by atoms with van der Waals surface area (Å²) in [5, 5.41) is 11.8. The minimum Gasteiger partial charge on any atom is -0.411 e. The van der Waals surface area contributed by atoms with Crippen LogP contribution in [0.25, 0.3) is 0 Å². The number of hydrogen-bond acceptors (Lipinski definition) is 3. The van der Waals surface area contributed by atoms with Gasteiger partial charge in [-0.15, -0.1) is 16.9 Å². The molecule has 126 valence electrons. The molecule has 0 radical (unpaired) electrons. The molecular weight excluding hydrogens is 326 g/mol. The van der Waals surface area contributed by atoms with Crippen LogP contribution in [-0.4, -0.2) is 17.2 Å². The summed E-state index contributed by atoms with van der Waals surface area (Å²) in [4.78, 5) is 0. The molecule has 0 saturated heterocycles. The van der Waals surface area contributed by atoms with Crippen LogP contribution in [0.3, 0.4) is 0 Å². The molecule has 0 atom stereocenters. The first-order valence-electron chi connectivity index (χ1n) is 8.34. The lowest BCUT2D eigenvalue weighted by atomic mass is 9.84. The van der Waals surface area contributed by atoms with Crippen LogP contribution < -0.4 is 0 Å². The van der Waals surface area contributed by atoms with Gasteiger partial charge in [0.05, 0.1) is 4.75 Å². The molecule has 0 aromatic heterocycles. The molecule has 0 aliphatic carbocycles. The van der Waals surface area contributed by atoms with Gasteiger partial charge in [-0.05, 0) is 28.9 Å². The Kier molecular flexibility index (Phi) is 5.91. The fourth-order valence-corrected chi connectivity index (χ4v) is 4.53. The number of thioether (sulfide) groups is 1. The number of nitrogens with zero attached hydrogens (tertiary/aromatic N) is 1. The summed E-state index contributed by atoms with van der Waals surface area (Å²) in [6, 6.07) is 31.8. The Morgan fingerprint density at radius 1 is 0.720 bits per heavy atom. The molecule has 0 fully saturated rings. The number of rotatable bonds is 7. The highest BCUT2D eigenvalue weighted by Gasteiger charge is 2.36. The fraction of sp³-hybridized carbons (Fsp3) is 0.136. The van der Waals surface area contributed by atoms with Crippen LogP contribution in [0.5, 0.6) is 0 Å². The molecule has 0 aliphatic heterocycles. The minimum absolute atomic E-state index is 0.299. The molecule has 3 heteroatoms. The van der Waals surface area contributed by atoms with Crippen LogP contribution in [0.4, 0.5) is 0 Å². The summed E-state index contributed by atoms with van der Waals surface area (Å²) in [6.45, 7) is 0. The lowest BCUT2D eigenvalue weighted by Gasteiger charge is -2.35. The second kappa shape index (κ2) is 8.54. The number of benzene rings is 3. The maximum Gasteiger partial charge on any atom is 0.0907 e. The SMILES string of the molecule is ON=CCCSC(c1ccccc1)(c1ccccc1)c1ccccc1. The van der Waals surface area contributed by atoms with Crippen molar-refractivity contribution in [2.45, 2.75) is 11.2 Å². The van der Waals surface area contributed by atoms with Crippen molar-refractivity contribution < 1.29 is 5.21 Å². The van der Waals surface area contributed by atoms with Crippen LogP contribution >= 0.6 is 11.8 Å². The van der Waals surface area contributed by atoms with Gasteiger partial charge in [-0.25, -0.2) is 0 Å². The number of hydrogen-bond donors (Lipinski definition) is 1. The highest BCUT2D eigenvalue weighted by molar-refractivity contribution is 8.00. The maximum atomic E-state index is 8.71. The molecule has 0 saturated carbocycles. The predicted octanol–water partition coefficient (Wildman–Crippen LogP) is 5.56. The highest BCUT2D eigenvalue weighted by Crippen LogP contribution is 2.48. The van der Waals surface area contributed by atoms with Crippen molar-refractivity contribution in [1.82, 2.24) is 0 Å². The first-order valence-corrected chi connectivity index (χ1v) is 9.33. The summed E-state index contributed by atoms with van der Waals surface area (Å²) in [6.07, 6.45) is 2.27. The van der Waals surface area contributed by atoms with Gasteiger partial charge in [-0.3, -0.25) is 0 Å². The van der Waals surface area contributed by atoms with Crippen LogP contribution in [0.15, 0.2) is 96.2 Å². The van der Waals surface area contributed by atoms with E-state index in [0.29, 0.717) is 0 Å². The Labute approximate surface area is 153 Å². The van der Waals surface area contributed by atoms with Crippen LogP contribution in [0, 0.1) is 0 Å². The molecule has 25 heavy (non-hydrogen) atoms. The Balaban J connectivity index is 2.16. The normalized spacial score (nSPS) is 11.7.